The van der Waals surface area contributed by atoms with E-state index < -0.39 is 0 Å². The van der Waals surface area contributed by atoms with Gasteiger partial charge in [-0.15, -0.1) is 0 Å². The second-order valence-corrected chi connectivity index (χ2v) is 6.98. The molecular weight excluding hydrogens is 380 g/mol. The Morgan fingerprint density at radius 3 is 2.82 bits per heavy atom. The fourth-order valence-corrected chi connectivity index (χ4v) is 3.09. The van der Waals surface area contributed by atoms with Gasteiger partial charge in [-0.2, -0.15) is 5.10 Å². The summed E-state index contributed by atoms with van der Waals surface area (Å²) < 4.78 is 12.9. The predicted molar refractivity (Wildman–Crippen MR) is 105 cm³/mol. The molecule has 3 rings (SSSR count). The van der Waals surface area contributed by atoms with Crippen LogP contribution < -0.4 is 4.74 Å². The summed E-state index contributed by atoms with van der Waals surface area (Å²) in [6, 6.07) is 7.09. The minimum absolute atomic E-state index is 0.164. The van der Waals surface area contributed by atoms with Crippen LogP contribution in [0.15, 0.2) is 35.0 Å². The molecule has 2 heterocycles. The van der Waals surface area contributed by atoms with Gasteiger partial charge in [0.2, 0.25) is 0 Å². The molecule has 0 aliphatic rings. The first-order valence-corrected chi connectivity index (χ1v) is 9.38. The summed E-state index contributed by atoms with van der Waals surface area (Å²) in [6.07, 6.45) is 1.79. The summed E-state index contributed by atoms with van der Waals surface area (Å²) in [4.78, 5) is 14.5. The summed E-state index contributed by atoms with van der Waals surface area (Å²) in [5, 5.41) is 8.87. The lowest BCUT2D eigenvalue weighted by molar-refractivity contribution is 0.0772. The lowest BCUT2D eigenvalue weighted by atomic mass is 10.1. The van der Waals surface area contributed by atoms with E-state index in [0.717, 1.165) is 17.8 Å². The normalized spacial score (nSPS) is 10.9. The van der Waals surface area contributed by atoms with Crippen molar-refractivity contribution >= 4 is 17.5 Å². The monoisotopic (exact) mass is 402 g/mol. The minimum Gasteiger partial charge on any atom is -0.489 e. The number of carbonyl (C=O) groups is 1. The van der Waals surface area contributed by atoms with Gasteiger partial charge in [0.1, 0.15) is 18.1 Å². The Balaban J connectivity index is 1.73. The highest BCUT2D eigenvalue weighted by atomic mass is 35.5. The minimum atomic E-state index is -0.231. The topological polar surface area (TPSA) is 73.4 Å². The molecule has 0 aliphatic heterocycles. The highest BCUT2D eigenvalue weighted by molar-refractivity contribution is 6.30. The SMILES string of the molecule is CCn1ncc(CN(C)C(=O)c2noc(C)c2COc2cccc(Cl)c2)c1C. The second-order valence-electron chi connectivity index (χ2n) is 6.54. The molecule has 0 radical (unpaired) electrons. The highest BCUT2D eigenvalue weighted by Gasteiger charge is 2.24. The Hall–Kier alpha value is -2.80. The smallest absolute Gasteiger partial charge is 0.276 e. The van der Waals surface area contributed by atoms with Crippen molar-refractivity contribution in [1.29, 1.82) is 0 Å². The van der Waals surface area contributed by atoms with Crippen molar-refractivity contribution in [2.45, 2.75) is 40.5 Å². The molecule has 7 nitrogen and oxygen atoms in total. The van der Waals surface area contributed by atoms with E-state index in [-0.39, 0.29) is 18.2 Å². The first-order chi connectivity index (χ1) is 13.4. The number of aryl methyl sites for hydroxylation is 2. The molecule has 0 aliphatic carbocycles. The van der Waals surface area contributed by atoms with Crippen LogP contribution in [0.2, 0.25) is 5.02 Å². The van der Waals surface area contributed by atoms with E-state index in [4.69, 9.17) is 20.9 Å². The first-order valence-electron chi connectivity index (χ1n) is 9.01. The maximum atomic E-state index is 12.9. The van der Waals surface area contributed by atoms with Gasteiger partial charge in [0, 0.05) is 36.4 Å². The molecule has 3 aromatic rings. The van der Waals surface area contributed by atoms with Crippen LogP contribution in [0.25, 0.3) is 0 Å². The molecule has 0 bridgehead atoms. The van der Waals surface area contributed by atoms with Gasteiger partial charge in [-0.1, -0.05) is 22.8 Å². The van der Waals surface area contributed by atoms with E-state index in [1.807, 2.05) is 18.5 Å². The van der Waals surface area contributed by atoms with Crippen molar-refractivity contribution in [3.8, 4) is 5.75 Å². The van der Waals surface area contributed by atoms with Crippen LogP contribution in [-0.4, -0.2) is 32.8 Å². The molecular formula is C20H23ClN4O3. The van der Waals surface area contributed by atoms with Crippen LogP contribution in [0.1, 0.15) is 40.0 Å². The number of rotatable bonds is 7. The number of halogens is 1. The van der Waals surface area contributed by atoms with Gasteiger partial charge in [0.05, 0.1) is 11.8 Å². The van der Waals surface area contributed by atoms with Crippen LogP contribution in [0.3, 0.4) is 0 Å². The van der Waals surface area contributed by atoms with E-state index in [2.05, 4.69) is 10.3 Å². The number of amides is 1. The van der Waals surface area contributed by atoms with Crippen molar-refractivity contribution in [3.05, 3.63) is 63.8 Å². The molecule has 8 heteroatoms. The molecule has 28 heavy (non-hydrogen) atoms. The van der Waals surface area contributed by atoms with Gasteiger partial charge >= 0.3 is 0 Å². The molecule has 0 saturated heterocycles. The summed E-state index contributed by atoms with van der Waals surface area (Å²) in [5.41, 5.74) is 2.91. The summed E-state index contributed by atoms with van der Waals surface area (Å²) in [7, 11) is 1.73. The Morgan fingerprint density at radius 2 is 2.14 bits per heavy atom. The van der Waals surface area contributed by atoms with Crippen molar-refractivity contribution in [2.75, 3.05) is 7.05 Å². The van der Waals surface area contributed by atoms with Crippen LogP contribution >= 0.6 is 11.6 Å². The van der Waals surface area contributed by atoms with Gasteiger partial charge in [0.15, 0.2) is 5.69 Å². The largest absolute Gasteiger partial charge is 0.489 e. The quantitative estimate of drug-likeness (QED) is 0.597. The summed E-state index contributed by atoms with van der Waals surface area (Å²) in [5.74, 6) is 0.932. The maximum absolute atomic E-state index is 12.9. The van der Waals surface area contributed by atoms with Gasteiger partial charge in [0.25, 0.3) is 5.91 Å². The van der Waals surface area contributed by atoms with Crippen LogP contribution in [-0.2, 0) is 19.7 Å². The van der Waals surface area contributed by atoms with Crippen LogP contribution in [0.5, 0.6) is 5.75 Å². The first kappa shape index (κ1) is 19.9. The molecule has 0 spiro atoms. The summed E-state index contributed by atoms with van der Waals surface area (Å²) in [6.45, 7) is 7.17. The van der Waals surface area contributed by atoms with E-state index in [1.54, 1.807) is 49.3 Å². The Kier molecular flexibility index (Phi) is 6.04. The maximum Gasteiger partial charge on any atom is 0.276 e. The molecule has 0 saturated carbocycles. The van der Waals surface area contributed by atoms with Crippen molar-refractivity contribution in [2.24, 2.45) is 0 Å². The van der Waals surface area contributed by atoms with Gasteiger partial charge in [-0.05, 0) is 39.0 Å². The van der Waals surface area contributed by atoms with Crippen molar-refractivity contribution in [1.82, 2.24) is 19.8 Å². The average molecular weight is 403 g/mol. The number of aromatic nitrogens is 3. The zero-order valence-corrected chi connectivity index (χ0v) is 17.2. The molecule has 1 aromatic carbocycles. The van der Waals surface area contributed by atoms with E-state index in [0.29, 0.717) is 28.6 Å². The van der Waals surface area contributed by atoms with Crippen molar-refractivity contribution in [3.63, 3.8) is 0 Å². The third-order valence-electron chi connectivity index (χ3n) is 4.63. The number of ether oxygens (including phenoxy) is 1. The zero-order valence-electron chi connectivity index (χ0n) is 16.4. The molecule has 0 N–H and O–H groups in total. The van der Waals surface area contributed by atoms with Crippen LogP contribution in [0, 0.1) is 13.8 Å². The standard InChI is InChI=1S/C20H23ClN4O3/c1-5-25-13(2)15(10-22-25)11-24(4)20(26)19-18(14(3)28-23-19)12-27-17-8-6-7-16(21)9-17/h6-10H,5,11-12H2,1-4H3. The van der Waals surface area contributed by atoms with E-state index >= 15 is 0 Å². The number of hydrogen-bond acceptors (Lipinski definition) is 5. The average Bonchev–Trinajstić information content (AvgIpc) is 3.22. The second kappa shape index (κ2) is 8.48. The van der Waals surface area contributed by atoms with Crippen molar-refractivity contribution < 1.29 is 14.1 Å². The zero-order chi connectivity index (χ0) is 20.3. The molecule has 0 unspecified atom stereocenters. The fraction of sp³-hybridized carbons (Fsp3) is 0.350. The summed E-state index contributed by atoms with van der Waals surface area (Å²) >= 11 is 5.98. The predicted octanol–water partition coefficient (Wildman–Crippen LogP) is 4.01. The van der Waals surface area contributed by atoms with Gasteiger partial charge in [-0.3, -0.25) is 9.48 Å². The number of carbonyl (C=O) groups excluding carboxylic acids is 1. The third kappa shape index (κ3) is 4.20. The Morgan fingerprint density at radius 1 is 1.36 bits per heavy atom. The Bertz CT molecular complexity index is 980. The van der Waals surface area contributed by atoms with Gasteiger partial charge in [-0.25, -0.2) is 0 Å². The van der Waals surface area contributed by atoms with Crippen LogP contribution in [0.4, 0.5) is 0 Å². The molecule has 1 amide bonds. The molecule has 148 valence electrons. The van der Waals surface area contributed by atoms with E-state index in [1.165, 1.54) is 0 Å². The molecule has 0 atom stereocenters. The number of benzene rings is 1. The molecule has 2 aromatic heterocycles. The lowest BCUT2D eigenvalue weighted by Crippen LogP contribution is -2.27. The Labute approximate surface area is 168 Å². The third-order valence-corrected chi connectivity index (χ3v) is 4.86. The number of hydrogen-bond donors (Lipinski definition) is 0. The lowest BCUT2D eigenvalue weighted by Gasteiger charge is -2.16. The fourth-order valence-electron chi connectivity index (χ4n) is 2.91. The highest BCUT2D eigenvalue weighted by Crippen LogP contribution is 2.22. The number of nitrogens with zero attached hydrogens (tertiary/aromatic N) is 4. The molecule has 0 fully saturated rings. The van der Waals surface area contributed by atoms with E-state index in [9.17, 15) is 4.79 Å². The van der Waals surface area contributed by atoms with Gasteiger partial charge < -0.3 is 14.2 Å².